The Morgan fingerprint density at radius 2 is 2.36 bits per heavy atom. The van der Waals surface area contributed by atoms with Crippen molar-refractivity contribution < 1.29 is 9.90 Å². The summed E-state index contributed by atoms with van der Waals surface area (Å²) in [6.45, 7) is 0.293. The summed E-state index contributed by atoms with van der Waals surface area (Å²) in [6.07, 6.45) is 1.66. The van der Waals surface area contributed by atoms with Gasteiger partial charge in [0.05, 0.1) is 6.42 Å². The molecule has 0 bridgehead atoms. The molecule has 0 aliphatic heterocycles. The van der Waals surface area contributed by atoms with E-state index in [1.54, 1.807) is 12.3 Å². The summed E-state index contributed by atoms with van der Waals surface area (Å²) in [5.74, 6) is -1.06. The van der Waals surface area contributed by atoms with Gasteiger partial charge in [-0.3, -0.25) is 9.78 Å². The lowest BCUT2D eigenvalue weighted by molar-refractivity contribution is -0.137. The predicted molar refractivity (Wildman–Crippen MR) is 56.0 cm³/mol. The van der Waals surface area contributed by atoms with Crippen molar-refractivity contribution >= 4 is 21.9 Å². The van der Waals surface area contributed by atoms with Crippen LogP contribution in [0.1, 0.15) is 18.0 Å². The monoisotopic (exact) mass is 258 g/mol. The van der Waals surface area contributed by atoms with Gasteiger partial charge in [0.1, 0.15) is 0 Å². The average Bonchev–Trinajstić information content (AvgIpc) is 2.15. The molecule has 0 aliphatic rings. The molecule has 1 unspecified atom stereocenters. The number of hydrogen-bond donors (Lipinski definition) is 2. The maximum absolute atomic E-state index is 10.5. The molecule has 0 aromatic carbocycles. The topological polar surface area (TPSA) is 76.2 Å². The Balaban J connectivity index is 2.78. The van der Waals surface area contributed by atoms with E-state index in [1.165, 1.54) is 0 Å². The second kappa shape index (κ2) is 5.07. The summed E-state index contributed by atoms with van der Waals surface area (Å²) < 4.78 is 0.868. The molecule has 1 heterocycles. The predicted octanol–water partition coefficient (Wildman–Crippen LogP) is 1.36. The molecule has 5 heteroatoms. The number of rotatable bonds is 4. The van der Waals surface area contributed by atoms with E-state index in [-0.39, 0.29) is 12.3 Å². The van der Waals surface area contributed by atoms with Gasteiger partial charge in [-0.15, -0.1) is 0 Å². The second-order valence-electron chi connectivity index (χ2n) is 2.93. The highest BCUT2D eigenvalue weighted by Crippen LogP contribution is 2.17. The van der Waals surface area contributed by atoms with Crippen LogP contribution in [0, 0.1) is 0 Å². The molecule has 4 nitrogen and oxygen atoms in total. The van der Waals surface area contributed by atoms with Crippen LogP contribution in [0.4, 0.5) is 0 Å². The summed E-state index contributed by atoms with van der Waals surface area (Å²) in [5, 5.41) is 8.64. The molecule has 0 radical (unpaired) electrons. The van der Waals surface area contributed by atoms with E-state index < -0.39 is 5.97 Å². The van der Waals surface area contributed by atoms with Crippen molar-refractivity contribution in [2.45, 2.75) is 12.3 Å². The van der Waals surface area contributed by atoms with Crippen molar-refractivity contribution in [2.24, 2.45) is 5.73 Å². The Kier molecular flexibility index (Phi) is 4.03. The van der Waals surface area contributed by atoms with Gasteiger partial charge in [0.2, 0.25) is 0 Å². The Bertz CT molecular complexity index is 313. The molecule has 1 aromatic heterocycles. The minimum Gasteiger partial charge on any atom is -0.481 e. The van der Waals surface area contributed by atoms with Crippen molar-refractivity contribution in [1.29, 1.82) is 0 Å². The molecule has 0 aliphatic carbocycles. The van der Waals surface area contributed by atoms with Crippen molar-refractivity contribution in [3.63, 3.8) is 0 Å². The van der Waals surface area contributed by atoms with Crippen LogP contribution in [0.5, 0.6) is 0 Å². The maximum atomic E-state index is 10.5. The highest BCUT2D eigenvalue weighted by Gasteiger charge is 2.14. The molecule has 1 atom stereocenters. The Morgan fingerprint density at radius 1 is 1.64 bits per heavy atom. The van der Waals surface area contributed by atoms with Crippen LogP contribution in [0.15, 0.2) is 22.8 Å². The fourth-order valence-corrected chi connectivity index (χ4v) is 1.38. The SMILES string of the molecule is NCC(CC(=O)O)c1ccc(Br)cn1. The van der Waals surface area contributed by atoms with E-state index in [9.17, 15) is 4.79 Å². The fourth-order valence-electron chi connectivity index (χ4n) is 1.15. The van der Waals surface area contributed by atoms with Gasteiger partial charge >= 0.3 is 5.97 Å². The first-order chi connectivity index (χ1) is 6.63. The third-order valence-corrected chi connectivity index (χ3v) is 2.34. The van der Waals surface area contributed by atoms with Gasteiger partial charge in [-0.05, 0) is 28.1 Å². The van der Waals surface area contributed by atoms with E-state index >= 15 is 0 Å². The Labute approximate surface area is 90.3 Å². The molecule has 0 amide bonds. The van der Waals surface area contributed by atoms with Crippen LogP contribution in [0.3, 0.4) is 0 Å². The molecule has 0 spiro atoms. The molecule has 1 rings (SSSR count). The van der Waals surface area contributed by atoms with Gasteiger partial charge in [0.15, 0.2) is 0 Å². The molecular weight excluding hydrogens is 248 g/mol. The first-order valence-corrected chi connectivity index (χ1v) is 4.96. The summed E-state index contributed by atoms with van der Waals surface area (Å²) in [6, 6.07) is 3.61. The Hall–Kier alpha value is -0.940. The lowest BCUT2D eigenvalue weighted by Gasteiger charge is -2.10. The van der Waals surface area contributed by atoms with Crippen LogP contribution in [0.2, 0.25) is 0 Å². The quantitative estimate of drug-likeness (QED) is 0.855. The minimum absolute atomic E-state index is 0.0190. The summed E-state index contributed by atoms with van der Waals surface area (Å²) in [7, 11) is 0. The van der Waals surface area contributed by atoms with Crippen LogP contribution < -0.4 is 5.73 Å². The zero-order valence-corrected chi connectivity index (χ0v) is 9.07. The zero-order chi connectivity index (χ0) is 10.6. The highest BCUT2D eigenvalue weighted by atomic mass is 79.9. The molecule has 1 aromatic rings. The average molecular weight is 259 g/mol. The van der Waals surface area contributed by atoms with Crippen molar-refractivity contribution in [3.8, 4) is 0 Å². The molecule has 0 saturated carbocycles. The van der Waals surface area contributed by atoms with E-state index in [0.717, 1.165) is 10.2 Å². The fraction of sp³-hybridized carbons (Fsp3) is 0.333. The lowest BCUT2D eigenvalue weighted by Crippen LogP contribution is -2.17. The van der Waals surface area contributed by atoms with Crippen LogP contribution in [-0.2, 0) is 4.79 Å². The number of nitrogens with zero attached hydrogens (tertiary/aromatic N) is 1. The van der Waals surface area contributed by atoms with Crippen molar-refractivity contribution in [1.82, 2.24) is 4.98 Å². The van der Waals surface area contributed by atoms with Gasteiger partial charge in [-0.25, -0.2) is 0 Å². The van der Waals surface area contributed by atoms with Crippen LogP contribution in [-0.4, -0.2) is 22.6 Å². The zero-order valence-electron chi connectivity index (χ0n) is 7.48. The lowest BCUT2D eigenvalue weighted by atomic mass is 10.0. The number of hydrogen-bond acceptors (Lipinski definition) is 3. The molecule has 0 fully saturated rings. The standard InChI is InChI=1S/C9H11BrN2O2/c10-7-1-2-8(12-5-7)6(4-11)3-9(13)14/h1-2,5-6H,3-4,11H2,(H,13,14). The highest BCUT2D eigenvalue weighted by molar-refractivity contribution is 9.10. The maximum Gasteiger partial charge on any atom is 0.304 e. The number of halogens is 1. The number of carboxylic acid groups (broad SMARTS) is 1. The molecule has 76 valence electrons. The van der Waals surface area contributed by atoms with Gasteiger partial charge in [-0.2, -0.15) is 0 Å². The molecule has 0 saturated heterocycles. The van der Waals surface area contributed by atoms with E-state index in [0.29, 0.717) is 6.54 Å². The molecule has 3 N–H and O–H groups in total. The smallest absolute Gasteiger partial charge is 0.304 e. The van der Waals surface area contributed by atoms with Crippen molar-refractivity contribution in [3.05, 3.63) is 28.5 Å². The second-order valence-corrected chi connectivity index (χ2v) is 3.85. The first-order valence-electron chi connectivity index (χ1n) is 4.16. The van der Waals surface area contributed by atoms with Gasteiger partial charge in [0, 0.05) is 28.8 Å². The number of nitrogens with two attached hydrogens (primary N) is 1. The number of aliphatic carboxylic acids is 1. The number of pyridine rings is 1. The summed E-state index contributed by atoms with van der Waals surface area (Å²) in [5.41, 5.74) is 6.20. The summed E-state index contributed by atoms with van der Waals surface area (Å²) in [4.78, 5) is 14.6. The third kappa shape index (κ3) is 3.08. The summed E-state index contributed by atoms with van der Waals surface area (Å²) >= 11 is 3.26. The van der Waals surface area contributed by atoms with E-state index in [4.69, 9.17) is 10.8 Å². The molecule has 14 heavy (non-hydrogen) atoms. The van der Waals surface area contributed by atoms with E-state index in [1.807, 2.05) is 6.07 Å². The normalized spacial score (nSPS) is 12.4. The largest absolute Gasteiger partial charge is 0.481 e. The van der Waals surface area contributed by atoms with Gasteiger partial charge in [0.25, 0.3) is 0 Å². The number of aromatic nitrogens is 1. The van der Waals surface area contributed by atoms with Crippen LogP contribution in [0.25, 0.3) is 0 Å². The van der Waals surface area contributed by atoms with E-state index in [2.05, 4.69) is 20.9 Å². The molecular formula is C9H11BrN2O2. The van der Waals surface area contributed by atoms with Gasteiger partial charge in [-0.1, -0.05) is 0 Å². The minimum atomic E-state index is -0.856. The number of carbonyl (C=O) groups is 1. The first kappa shape index (κ1) is 11.1. The third-order valence-electron chi connectivity index (χ3n) is 1.87. The van der Waals surface area contributed by atoms with Crippen LogP contribution >= 0.6 is 15.9 Å². The Morgan fingerprint density at radius 3 is 2.79 bits per heavy atom. The van der Waals surface area contributed by atoms with Gasteiger partial charge < -0.3 is 10.8 Å². The number of carboxylic acids is 1. The van der Waals surface area contributed by atoms with Crippen molar-refractivity contribution in [2.75, 3.05) is 6.54 Å².